The minimum absolute atomic E-state index is 0.814. The molecule has 0 bridgehead atoms. The van der Waals surface area contributed by atoms with Gasteiger partial charge in [0.25, 0.3) is 0 Å². The van der Waals surface area contributed by atoms with E-state index in [1.54, 1.807) is 0 Å². The van der Waals surface area contributed by atoms with E-state index in [2.05, 4.69) is 20.2 Å². The molecule has 1 fully saturated rings. The normalized spacial score (nSPS) is 36.6. The van der Waals surface area contributed by atoms with Crippen molar-refractivity contribution in [3.63, 3.8) is 0 Å². The first-order valence-electron chi connectivity index (χ1n) is 4.00. The molecule has 2 atom stereocenters. The quantitative estimate of drug-likeness (QED) is 0.505. The van der Waals surface area contributed by atoms with Gasteiger partial charge in [-0.3, -0.25) is 0 Å². The molecule has 1 N–H and O–H groups in total. The Hall–Kier alpha value is 0.0249. The summed E-state index contributed by atoms with van der Waals surface area (Å²) in [5.41, 5.74) is 0. The van der Waals surface area contributed by atoms with Crippen molar-refractivity contribution in [1.82, 2.24) is 5.32 Å². The van der Waals surface area contributed by atoms with E-state index >= 15 is 0 Å². The Bertz CT molecular complexity index is 85.0. The Morgan fingerprint density at radius 2 is 2.22 bits per heavy atom. The van der Waals surface area contributed by atoms with Crippen molar-refractivity contribution in [1.29, 1.82) is 0 Å². The standard InChI is InChI=1S/C7H16BN/c1-9-7-4-2-3-6(8)5-7/h6-7,9H,2-5,8H2,1H3/t6-,7?/m0/s1. The van der Waals surface area contributed by atoms with Crippen LogP contribution in [-0.4, -0.2) is 20.9 Å². The second-order valence-electron chi connectivity index (χ2n) is 3.26. The lowest BCUT2D eigenvalue weighted by Gasteiger charge is -2.25. The maximum absolute atomic E-state index is 3.33. The molecule has 0 aromatic rings. The fraction of sp³-hybridized carbons (Fsp3) is 1.00. The Morgan fingerprint density at radius 1 is 1.44 bits per heavy atom. The van der Waals surface area contributed by atoms with E-state index in [-0.39, 0.29) is 0 Å². The molecule has 1 saturated carbocycles. The summed E-state index contributed by atoms with van der Waals surface area (Å²) in [6.07, 6.45) is 5.64. The van der Waals surface area contributed by atoms with Crippen LogP contribution in [-0.2, 0) is 0 Å². The van der Waals surface area contributed by atoms with Crippen LogP contribution in [0.3, 0.4) is 0 Å². The van der Waals surface area contributed by atoms with Crippen LogP contribution in [0.15, 0.2) is 0 Å². The van der Waals surface area contributed by atoms with Crippen molar-refractivity contribution in [3.05, 3.63) is 0 Å². The van der Waals surface area contributed by atoms with Crippen molar-refractivity contribution in [3.8, 4) is 0 Å². The largest absolute Gasteiger partial charge is 0.317 e. The first-order valence-corrected chi connectivity index (χ1v) is 4.00. The summed E-state index contributed by atoms with van der Waals surface area (Å²) in [5.74, 6) is 0.955. The van der Waals surface area contributed by atoms with Gasteiger partial charge in [-0.1, -0.05) is 18.7 Å². The van der Waals surface area contributed by atoms with Crippen molar-refractivity contribution >= 4 is 7.85 Å². The highest BCUT2D eigenvalue weighted by Gasteiger charge is 2.16. The molecule has 0 aliphatic heterocycles. The van der Waals surface area contributed by atoms with Gasteiger partial charge < -0.3 is 5.32 Å². The van der Waals surface area contributed by atoms with Gasteiger partial charge in [0.1, 0.15) is 7.85 Å². The summed E-state index contributed by atoms with van der Waals surface area (Å²) < 4.78 is 0. The number of nitrogens with one attached hydrogen (secondary N) is 1. The molecular formula is C7H16BN. The van der Waals surface area contributed by atoms with Crippen LogP contribution in [0.2, 0.25) is 5.82 Å². The van der Waals surface area contributed by atoms with E-state index in [1.807, 2.05) is 0 Å². The molecule has 0 spiro atoms. The van der Waals surface area contributed by atoms with Crippen LogP contribution >= 0.6 is 0 Å². The Morgan fingerprint density at radius 3 is 2.67 bits per heavy atom. The molecule has 1 aliphatic carbocycles. The maximum atomic E-state index is 3.33. The Labute approximate surface area is 58.6 Å². The van der Waals surface area contributed by atoms with E-state index < -0.39 is 0 Å². The lowest BCUT2D eigenvalue weighted by molar-refractivity contribution is 0.395. The minimum Gasteiger partial charge on any atom is -0.317 e. The molecule has 0 heterocycles. The van der Waals surface area contributed by atoms with Crippen LogP contribution in [0.4, 0.5) is 0 Å². The Balaban J connectivity index is 2.23. The van der Waals surface area contributed by atoms with E-state index in [0.29, 0.717) is 0 Å². The van der Waals surface area contributed by atoms with Gasteiger partial charge in [0.05, 0.1) is 0 Å². The number of hydrogen-bond acceptors (Lipinski definition) is 1. The molecule has 1 aliphatic rings. The van der Waals surface area contributed by atoms with Gasteiger partial charge in [-0.2, -0.15) is 0 Å². The second-order valence-corrected chi connectivity index (χ2v) is 3.26. The average Bonchev–Trinajstić information content (AvgIpc) is 1.88. The third-order valence-corrected chi connectivity index (χ3v) is 2.34. The molecule has 1 nitrogen and oxygen atoms in total. The van der Waals surface area contributed by atoms with Gasteiger partial charge in [0.2, 0.25) is 0 Å². The molecule has 0 aromatic carbocycles. The average molecular weight is 125 g/mol. The van der Waals surface area contributed by atoms with Crippen molar-refractivity contribution in [2.24, 2.45) is 0 Å². The van der Waals surface area contributed by atoms with Crippen LogP contribution in [0.1, 0.15) is 25.7 Å². The zero-order chi connectivity index (χ0) is 6.69. The van der Waals surface area contributed by atoms with E-state index in [1.165, 1.54) is 25.7 Å². The van der Waals surface area contributed by atoms with Crippen molar-refractivity contribution in [2.45, 2.75) is 37.5 Å². The zero-order valence-electron chi connectivity index (χ0n) is 6.48. The SMILES string of the molecule is B[C@H]1CCCC(NC)C1. The number of hydrogen-bond donors (Lipinski definition) is 1. The topological polar surface area (TPSA) is 12.0 Å². The van der Waals surface area contributed by atoms with Gasteiger partial charge in [-0.15, -0.1) is 0 Å². The van der Waals surface area contributed by atoms with Crippen molar-refractivity contribution < 1.29 is 0 Å². The second kappa shape index (κ2) is 3.26. The molecule has 1 rings (SSSR count). The predicted molar refractivity (Wildman–Crippen MR) is 43.6 cm³/mol. The Kier molecular flexibility index (Phi) is 2.58. The van der Waals surface area contributed by atoms with Crippen LogP contribution in [0, 0.1) is 0 Å². The lowest BCUT2D eigenvalue weighted by atomic mass is 9.74. The van der Waals surface area contributed by atoms with Gasteiger partial charge in [-0.25, -0.2) is 0 Å². The number of rotatable bonds is 1. The zero-order valence-corrected chi connectivity index (χ0v) is 6.48. The summed E-state index contributed by atoms with van der Waals surface area (Å²) in [4.78, 5) is 0. The molecule has 2 heteroatoms. The van der Waals surface area contributed by atoms with Crippen LogP contribution < -0.4 is 5.32 Å². The van der Waals surface area contributed by atoms with Crippen molar-refractivity contribution in [2.75, 3.05) is 7.05 Å². The van der Waals surface area contributed by atoms with E-state index in [4.69, 9.17) is 0 Å². The minimum atomic E-state index is 0.814. The molecular weight excluding hydrogens is 109 g/mol. The highest BCUT2D eigenvalue weighted by Crippen LogP contribution is 2.25. The molecule has 9 heavy (non-hydrogen) atoms. The monoisotopic (exact) mass is 125 g/mol. The molecule has 0 radical (unpaired) electrons. The summed E-state index contributed by atoms with van der Waals surface area (Å²) in [7, 11) is 4.42. The van der Waals surface area contributed by atoms with Gasteiger partial charge in [0, 0.05) is 6.04 Å². The first kappa shape index (κ1) is 7.14. The van der Waals surface area contributed by atoms with Gasteiger partial charge in [-0.05, 0) is 19.9 Å². The molecule has 0 saturated heterocycles. The van der Waals surface area contributed by atoms with E-state index in [9.17, 15) is 0 Å². The third kappa shape index (κ3) is 2.01. The maximum Gasteiger partial charge on any atom is 0.105 e. The molecule has 0 aromatic heterocycles. The smallest absolute Gasteiger partial charge is 0.105 e. The fourth-order valence-electron chi connectivity index (χ4n) is 1.70. The summed E-state index contributed by atoms with van der Waals surface area (Å²) in [6.45, 7) is 0. The summed E-state index contributed by atoms with van der Waals surface area (Å²) in [6, 6.07) is 0.814. The van der Waals surface area contributed by atoms with Crippen LogP contribution in [0.25, 0.3) is 0 Å². The van der Waals surface area contributed by atoms with E-state index in [0.717, 1.165) is 11.9 Å². The van der Waals surface area contributed by atoms with Gasteiger partial charge in [0.15, 0.2) is 0 Å². The third-order valence-electron chi connectivity index (χ3n) is 2.34. The molecule has 1 unspecified atom stereocenters. The summed E-state index contributed by atoms with van der Waals surface area (Å²) in [5, 5.41) is 3.33. The highest BCUT2D eigenvalue weighted by molar-refractivity contribution is 6.11. The predicted octanol–water partition coefficient (Wildman–Crippen LogP) is 0.570. The fourth-order valence-corrected chi connectivity index (χ4v) is 1.70. The van der Waals surface area contributed by atoms with Crippen LogP contribution in [0.5, 0.6) is 0 Å². The van der Waals surface area contributed by atoms with Gasteiger partial charge >= 0.3 is 0 Å². The molecule has 0 amide bonds. The lowest BCUT2D eigenvalue weighted by Crippen LogP contribution is -2.29. The molecule has 52 valence electrons. The first-order chi connectivity index (χ1) is 4.33. The summed E-state index contributed by atoms with van der Waals surface area (Å²) >= 11 is 0. The highest BCUT2D eigenvalue weighted by atomic mass is 14.9.